The summed E-state index contributed by atoms with van der Waals surface area (Å²) in [5, 5.41) is 3.98. The van der Waals surface area contributed by atoms with Crippen LogP contribution in [0.3, 0.4) is 0 Å². The van der Waals surface area contributed by atoms with Gasteiger partial charge in [0.15, 0.2) is 0 Å². The second-order valence-electron chi connectivity index (χ2n) is 4.51. The van der Waals surface area contributed by atoms with Crippen molar-refractivity contribution in [3.05, 3.63) is 40.9 Å². The summed E-state index contributed by atoms with van der Waals surface area (Å²) in [5.41, 5.74) is 2.40. The topological polar surface area (TPSA) is 21.3 Å². The zero-order valence-corrected chi connectivity index (χ0v) is 12.2. The normalized spacial score (nSPS) is 12.2. The van der Waals surface area contributed by atoms with Gasteiger partial charge < -0.3 is 10.1 Å². The van der Waals surface area contributed by atoms with Gasteiger partial charge in [0.1, 0.15) is 12.4 Å². The van der Waals surface area contributed by atoms with Crippen LogP contribution in [0.5, 0.6) is 5.75 Å². The molecule has 0 fully saturated rings. The van der Waals surface area contributed by atoms with Gasteiger partial charge in [-0.25, -0.2) is 0 Å². The van der Waals surface area contributed by atoms with Gasteiger partial charge in [0.2, 0.25) is 0 Å². The largest absolute Gasteiger partial charge is 0.488 e. The fourth-order valence-corrected chi connectivity index (χ4v) is 1.79. The predicted molar refractivity (Wildman–Crippen MR) is 78.4 cm³/mol. The first kappa shape index (κ1) is 15.1. The Morgan fingerprint density at radius 1 is 1.50 bits per heavy atom. The van der Waals surface area contributed by atoms with E-state index < -0.39 is 0 Å². The minimum absolute atomic E-state index is 0.353. The van der Waals surface area contributed by atoms with Gasteiger partial charge in [0, 0.05) is 11.1 Å². The summed E-state index contributed by atoms with van der Waals surface area (Å²) in [6.45, 7) is 11.4. The Kier molecular flexibility index (Phi) is 6.23. The van der Waals surface area contributed by atoms with Crippen LogP contribution < -0.4 is 10.1 Å². The quantitative estimate of drug-likeness (QED) is 0.800. The van der Waals surface area contributed by atoms with Crippen molar-refractivity contribution in [2.75, 3.05) is 13.2 Å². The molecule has 0 aliphatic heterocycles. The van der Waals surface area contributed by atoms with Crippen LogP contribution in [-0.4, -0.2) is 13.2 Å². The summed E-state index contributed by atoms with van der Waals surface area (Å²) in [7, 11) is 0. The first-order chi connectivity index (χ1) is 8.54. The van der Waals surface area contributed by atoms with E-state index in [9.17, 15) is 0 Å². The molecule has 18 heavy (non-hydrogen) atoms. The molecule has 0 radical (unpaired) electrons. The van der Waals surface area contributed by atoms with Crippen LogP contribution in [0, 0.1) is 6.92 Å². The molecule has 0 bridgehead atoms. The number of rotatable bonds is 7. The van der Waals surface area contributed by atoms with Gasteiger partial charge in [-0.3, -0.25) is 0 Å². The standard InChI is InChI=1S/C15H22ClNO/c1-5-8-17-13(4)14-6-7-15(11(2)9-14)18-10-12(3)16/h6-7,9,13,17H,3,5,8,10H2,1-2,4H3. The van der Waals surface area contributed by atoms with Gasteiger partial charge in [0.05, 0.1) is 0 Å². The predicted octanol–water partition coefficient (Wildman–Crippen LogP) is 4.19. The van der Waals surface area contributed by atoms with Crippen LogP contribution in [-0.2, 0) is 0 Å². The average molecular weight is 268 g/mol. The van der Waals surface area contributed by atoms with Gasteiger partial charge in [-0.15, -0.1) is 0 Å². The highest BCUT2D eigenvalue weighted by atomic mass is 35.5. The molecular formula is C15H22ClNO. The number of benzene rings is 1. The van der Waals surface area contributed by atoms with Crippen molar-refractivity contribution in [1.82, 2.24) is 5.32 Å². The molecule has 3 heteroatoms. The van der Waals surface area contributed by atoms with E-state index >= 15 is 0 Å². The molecule has 0 heterocycles. The van der Waals surface area contributed by atoms with Crippen LogP contribution in [0.4, 0.5) is 0 Å². The van der Waals surface area contributed by atoms with Crippen molar-refractivity contribution in [1.29, 1.82) is 0 Å². The first-order valence-corrected chi connectivity index (χ1v) is 6.72. The van der Waals surface area contributed by atoms with Crippen LogP contribution in [0.15, 0.2) is 29.8 Å². The summed E-state index contributed by atoms with van der Waals surface area (Å²) in [6, 6.07) is 6.60. The molecule has 1 aromatic carbocycles. The van der Waals surface area contributed by atoms with E-state index in [1.54, 1.807) is 0 Å². The zero-order chi connectivity index (χ0) is 13.5. The van der Waals surface area contributed by atoms with Gasteiger partial charge in [-0.1, -0.05) is 37.2 Å². The second-order valence-corrected chi connectivity index (χ2v) is 5.04. The van der Waals surface area contributed by atoms with Gasteiger partial charge in [-0.2, -0.15) is 0 Å². The van der Waals surface area contributed by atoms with Crippen molar-refractivity contribution in [2.45, 2.75) is 33.2 Å². The van der Waals surface area contributed by atoms with E-state index in [-0.39, 0.29) is 0 Å². The first-order valence-electron chi connectivity index (χ1n) is 6.34. The van der Waals surface area contributed by atoms with Crippen molar-refractivity contribution in [3.63, 3.8) is 0 Å². The molecule has 0 saturated heterocycles. The van der Waals surface area contributed by atoms with E-state index in [1.807, 2.05) is 13.0 Å². The smallest absolute Gasteiger partial charge is 0.123 e. The van der Waals surface area contributed by atoms with E-state index in [1.165, 1.54) is 5.56 Å². The third-order valence-electron chi connectivity index (χ3n) is 2.78. The Morgan fingerprint density at radius 2 is 2.22 bits per heavy atom. The minimum Gasteiger partial charge on any atom is -0.488 e. The lowest BCUT2D eigenvalue weighted by molar-refractivity contribution is 0.356. The summed E-state index contributed by atoms with van der Waals surface area (Å²) in [5.74, 6) is 0.864. The van der Waals surface area contributed by atoms with Crippen molar-refractivity contribution >= 4 is 11.6 Å². The third-order valence-corrected chi connectivity index (χ3v) is 2.89. The van der Waals surface area contributed by atoms with E-state index in [0.717, 1.165) is 24.3 Å². The maximum absolute atomic E-state index is 5.69. The van der Waals surface area contributed by atoms with Crippen LogP contribution in [0.25, 0.3) is 0 Å². The summed E-state index contributed by atoms with van der Waals surface area (Å²) in [4.78, 5) is 0. The molecule has 2 nitrogen and oxygen atoms in total. The van der Waals surface area contributed by atoms with Crippen molar-refractivity contribution in [2.24, 2.45) is 0 Å². The summed E-state index contributed by atoms with van der Waals surface area (Å²) >= 11 is 5.69. The Bertz CT molecular complexity index is 403. The van der Waals surface area contributed by atoms with E-state index in [2.05, 4.69) is 37.9 Å². The van der Waals surface area contributed by atoms with E-state index in [0.29, 0.717) is 17.7 Å². The molecule has 0 amide bonds. The highest BCUT2D eigenvalue weighted by molar-refractivity contribution is 6.29. The molecule has 1 N–H and O–H groups in total. The molecule has 1 atom stereocenters. The third kappa shape index (κ3) is 4.71. The van der Waals surface area contributed by atoms with Crippen molar-refractivity contribution in [3.8, 4) is 5.75 Å². The fourth-order valence-electron chi connectivity index (χ4n) is 1.74. The van der Waals surface area contributed by atoms with Gasteiger partial charge >= 0.3 is 0 Å². The highest BCUT2D eigenvalue weighted by Crippen LogP contribution is 2.23. The maximum Gasteiger partial charge on any atom is 0.123 e. The Balaban J connectivity index is 2.69. The highest BCUT2D eigenvalue weighted by Gasteiger charge is 2.07. The number of hydrogen-bond acceptors (Lipinski definition) is 2. The van der Waals surface area contributed by atoms with E-state index in [4.69, 9.17) is 16.3 Å². The number of hydrogen-bond donors (Lipinski definition) is 1. The summed E-state index contributed by atoms with van der Waals surface area (Å²) in [6.07, 6.45) is 1.14. The fraction of sp³-hybridized carbons (Fsp3) is 0.467. The SMILES string of the molecule is C=C(Cl)COc1ccc(C(C)NCCC)cc1C. The molecule has 100 valence electrons. The minimum atomic E-state index is 0.353. The second kappa shape index (κ2) is 7.45. The maximum atomic E-state index is 5.69. The van der Waals surface area contributed by atoms with Crippen LogP contribution in [0.1, 0.15) is 37.4 Å². The number of aryl methyl sites for hydroxylation is 1. The molecule has 0 saturated carbocycles. The molecule has 1 rings (SSSR count). The molecule has 1 unspecified atom stereocenters. The summed E-state index contributed by atoms with van der Waals surface area (Å²) < 4.78 is 5.56. The zero-order valence-electron chi connectivity index (χ0n) is 11.4. The van der Waals surface area contributed by atoms with Gasteiger partial charge in [-0.05, 0) is 44.0 Å². The lowest BCUT2D eigenvalue weighted by Crippen LogP contribution is -2.19. The molecule has 0 aliphatic rings. The Hall–Kier alpha value is -0.990. The molecular weight excluding hydrogens is 246 g/mol. The molecule has 0 aromatic heterocycles. The van der Waals surface area contributed by atoms with Crippen molar-refractivity contribution < 1.29 is 4.74 Å². The lowest BCUT2D eigenvalue weighted by atomic mass is 10.0. The Labute approximate surface area is 115 Å². The van der Waals surface area contributed by atoms with Crippen LogP contribution in [0.2, 0.25) is 0 Å². The molecule has 0 spiro atoms. The van der Waals surface area contributed by atoms with Gasteiger partial charge in [0.25, 0.3) is 0 Å². The molecule has 0 aliphatic carbocycles. The number of ether oxygens (including phenoxy) is 1. The molecule has 1 aromatic rings. The number of halogens is 1. The Morgan fingerprint density at radius 3 is 2.78 bits per heavy atom. The lowest BCUT2D eigenvalue weighted by Gasteiger charge is -2.16. The monoisotopic (exact) mass is 267 g/mol. The van der Waals surface area contributed by atoms with Crippen LogP contribution >= 0.6 is 11.6 Å². The average Bonchev–Trinajstić information content (AvgIpc) is 2.34. The number of nitrogens with one attached hydrogen (secondary N) is 1.